The van der Waals surface area contributed by atoms with Crippen LogP contribution in [-0.2, 0) is 27.6 Å². The van der Waals surface area contributed by atoms with Gasteiger partial charge in [0.15, 0.2) is 15.7 Å². The number of anilines is 2. The third kappa shape index (κ3) is 5.19. The predicted molar refractivity (Wildman–Crippen MR) is 137 cm³/mol. The van der Waals surface area contributed by atoms with Crippen LogP contribution in [0, 0.1) is 0 Å². The Labute approximate surface area is 211 Å². The minimum absolute atomic E-state index is 0.0446. The van der Waals surface area contributed by atoms with E-state index in [9.17, 15) is 13.2 Å². The van der Waals surface area contributed by atoms with E-state index < -0.39 is 9.84 Å². The minimum Gasteiger partial charge on any atom is -0.474 e. The monoisotopic (exact) mass is 506 g/mol. The molecule has 0 saturated carbocycles. The highest BCUT2D eigenvalue weighted by atomic mass is 32.2. The fourth-order valence-electron chi connectivity index (χ4n) is 4.51. The Morgan fingerprint density at radius 2 is 1.92 bits per heavy atom. The van der Waals surface area contributed by atoms with E-state index in [4.69, 9.17) is 4.74 Å². The molecule has 1 N–H and O–H groups in total. The minimum atomic E-state index is -3.27. The number of rotatable bonds is 6. The number of likely N-dealkylation sites (tertiary alicyclic amines) is 1. The van der Waals surface area contributed by atoms with E-state index in [2.05, 4.69) is 20.4 Å². The Morgan fingerprint density at radius 1 is 1.17 bits per heavy atom. The summed E-state index contributed by atoms with van der Waals surface area (Å²) in [6.07, 6.45) is 7.93. The van der Waals surface area contributed by atoms with Gasteiger partial charge in [0, 0.05) is 51.1 Å². The number of nitrogens with one attached hydrogen (secondary N) is 1. The van der Waals surface area contributed by atoms with Crippen molar-refractivity contribution in [2.45, 2.75) is 36.8 Å². The smallest absolute Gasteiger partial charge is 0.227 e. The van der Waals surface area contributed by atoms with Gasteiger partial charge in [0.25, 0.3) is 0 Å². The Bertz CT molecular complexity index is 1380. The number of pyridine rings is 1. The lowest BCUT2D eigenvalue weighted by atomic mass is 9.96. The molecule has 0 atom stereocenters. The van der Waals surface area contributed by atoms with Crippen LogP contribution < -0.4 is 20.6 Å². The first-order valence-electron chi connectivity index (χ1n) is 11.8. The number of nitrogens with zero attached hydrogens (tertiary/aromatic N) is 5. The van der Waals surface area contributed by atoms with Crippen molar-refractivity contribution < 1.29 is 17.9 Å². The number of amides is 1. The molecule has 0 bridgehead atoms. The number of fused-ring (bicyclic) bond motifs is 1. The second-order valence-corrected chi connectivity index (χ2v) is 11.2. The molecule has 5 rings (SSSR count). The second kappa shape index (κ2) is 9.86. The molecular weight excluding hydrogens is 479 g/mol. The van der Waals surface area contributed by atoms with Gasteiger partial charge in [-0.1, -0.05) is 11.5 Å². The topological polar surface area (TPSA) is 118 Å². The number of sulfone groups is 1. The number of aromatic nitrogens is 3. The van der Waals surface area contributed by atoms with Crippen molar-refractivity contribution in [3.8, 4) is 5.88 Å². The lowest BCUT2D eigenvalue weighted by Crippen LogP contribution is -2.42. The van der Waals surface area contributed by atoms with E-state index in [1.54, 1.807) is 41.7 Å². The average molecular weight is 506 g/mol. The Balaban J connectivity index is 1.21. The highest BCUT2D eigenvalue weighted by Crippen LogP contribution is 2.35. The number of hydrogen-bond acceptors (Lipinski definition) is 9. The van der Waals surface area contributed by atoms with Crippen molar-refractivity contribution in [1.82, 2.24) is 25.3 Å². The summed E-state index contributed by atoms with van der Waals surface area (Å²) in [5.41, 5.74) is 6.85. The first kappa shape index (κ1) is 24.2. The number of piperidine rings is 1. The SMILES string of the molecule is Bc1cncc(CC(=O)N2CCC(Oc3ncnc4c3CNN4c3ccc(S(C)(=O)=O)cc3)CC2)c1. The Kier molecular flexibility index (Phi) is 6.63. The summed E-state index contributed by atoms with van der Waals surface area (Å²) in [7, 11) is -1.30. The van der Waals surface area contributed by atoms with Gasteiger partial charge in [-0.3, -0.25) is 14.8 Å². The van der Waals surface area contributed by atoms with Gasteiger partial charge in [0.2, 0.25) is 11.8 Å². The molecule has 10 nitrogen and oxygen atoms in total. The van der Waals surface area contributed by atoms with Crippen molar-refractivity contribution in [2.75, 3.05) is 24.4 Å². The van der Waals surface area contributed by atoms with Crippen LogP contribution in [0.3, 0.4) is 0 Å². The highest BCUT2D eigenvalue weighted by molar-refractivity contribution is 7.90. The van der Waals surface area contributed by atoms with E-state index in [0.717, 1.165) is 35.1 Å². The molecule has 1 saturated heterocycles. The zero-order valence-corrected chi connectivity index (χ0v) is 21.0. The van der Waals surface area contributed by atoms with Crippen LogP contribution in [0.5, 0.6) is 5.88 Å². The molecule has 36 heavy (non-hydrogen) atoms. The lowest BCUT2D eigenvalue weighted by molar-refractivity contribution is -0.132. The maximum Gasteiger partial charge on any atom is 0.227 e. The molecule has 0 unspecified atom stereocenters. The van der Waals surface area contributed by atoms with Gasteiger partial charge in [-0.25, -0.2) is 23.8 Å². The van der Waals surface area contributed by atoms with Crippen molar-refractivity contribution in [3.63, 3.8) is 0 Å². The normalized spacial score (nSPS) is 16.1. The molecule has 0 radical (unpaired) electrons. The second-order valence-electron chi connectivity index (χ2n) is 9.16. The zero-order chi connectivity index (χ0) is 25.3. The molecule has 1 amide bonds. The summed E-state index contributed by atoms with van der Waals surface area (Å²) < 4.78 is 29.8. The van der Waals surface area contributed by atoms with Gasteiger partial charge in [-0.15, -0.1) is 0 Å². The molecule has 2 aromatic heterocycles. The fraction of sp³-hybridized carbons (Fsp3) is 0.333. The van der Waals surface area contributed by atoms with Crippen LogP contribution in [-0.4, -0.2) is 67.5 Å². The van der Waals surface area contributed by atoms with E-state index in [1.807, 2.05) is 18.8 Å². The van der Waals surface area contributed by atoms with Crippen LogP contribution in [0.2, 0.25) is 0 Å². The first-order chi connectivity index (χ1) is 17.3. The Hall–Kier alpha value is -3.51. The van der Waals surface area contributed by atoms with Crippen molar-refractivity contribution in [3.05, 3.63) is 60.2 Å². The third-order valence-electron chi connectivity index (χ3n) is 6.39. The standard InChI is InChI=1S/C24H27BN6O4S/c1-36(33,34)20-4-2-18(3-5-20)31-23-21(14-29-31)24(28-15-27-23)35-19-6-8-30(9-7-19)22(32)11-16-10-17(25)13-26-12-16/h2-5,10,12-13,15,19,29H,6-9,11,14,25H2,1H3. The fourth-order valence-corrected chi connectivity index (χ4v) is 5.14. The number of ether oxygens (including phenoxy) is 1. The number of hydrazine groups is 1. The molecule has 4 heterocycles. The van der Waals surface area contributed by atoms with Gasteiger partial charge in [-0.2, -0.15) is 0 Å². The summed E-state index contributed by atoms with van der Waals surface area (Å²) in [5.74, 6) is 1.30. The van der Waals surface area contributed by atoms with Crippen LogP contribution in [0.25, 0.3) is 0 Å². The third-order valence-corrected chi connectivity index (χ3v) is 7.52. The molecule has 3 aromatic rings. The number of benzene rings is 1. The first-order valence-corrected chi connectivity index (χ1v) is 13.7. The van der Waals surface area contributed by atoms with Crippen LogP contribution in [0.1, 0.15) is 24.0 Å². The molecule has 186 valence electrons. The number of carbonyl (C=O) groups excluding carboxylic acids is 1. The summed E-state index contributed by atoms with van der Waals surface area (Å²) in [6.45, 7) is 1.75. The summed E-state index contributed by atoms with van der Waals surface area (Å²) in [6, 6.07) is 8.62. The van der Waals surface area contributed by atoms with Gasteiger partial charge in [0.1, 0.15) is 20.3 Å². The number of hydrogen-bond donors (Lipinski definition) is 1. The molecule has 0 aliphatic carbocycles. The van der Waals surface area contributed by atoms with E-state index in [0.29, 0.717) is 37.8 Å². The average Bonchev–Trinajstić information content (AvgIpc) is 3.29. The summed E-state index contributed by atoms with van der Waals surface area (Å²) in [4.78, 5) is 27.8. The van der Waals surface area contributed by atoms with Crippen molar-refractivity contribution >= 4 is 40.6 Å². The molecular formula is C24H27BN6O4S. The van der Waals surface area contributed by atoms with Crippen LogP contribution in [0.4, 0.5) is 11.5 Å². The van der Waals surface area contributed by atoms with Crippen molar-refractivity contribution in [1.29, 1.82) is 0 Å². The molecule has 2 aliphatic rings. The van der Waals surface area contributed by atoms with Gasteiger partial charge < -0.3 is 9.64 Å². The summed E-state index contributed by atoms with van der Waals surface area (Å²) >= 11 is 0. The zero-order valence-electron chi connectivity index (χ0n) is 20.2. The van der Waals surface area contributed by atoms with Gasteiger partial charge >= 0.3 is 0 Å². The molecule has 0 spiro atoms. The van der Waals surface area contributed by atoms with Gasteiger partial charge in [-0.05, 0) is 29.8 Å². The van der Waals surface area contributed by atoms with E-state index in [-0.39, 0.29) is 16.9 Å². The highest BCUT2D eigenvalue weighted by Gasteiger charge is 2.29. The molecule has 2 aliphatic heterocycles. The largest absolute Gasteiger partial charge is 0.474 e. The van der Waals surface area contributed by atoms with Crippen LogP contribution >= 0.6 is 0 Å². The molecule has 12 heteroatoms. The van der Waals surface area contributed by atoms with E-state index >= 15 is 0 Å². The van der Waals surface area contributed by atoms with Crippen LogP contribution in [0.15, 0.2) is 53.9 Å². The maximum atomic E-state index is 12.7. The van der Waals surface area contributed by atoms with E-state index in [1.165, 1.54) is 12.6 Å². The predicted octanol–water partition coefficient (Wildman–Crippen LogP) is 0.302. The van der Waals surface area contributed by atoms with Gasteiger partial charge in [0.05, 0.1) is 22.6 Å². The quantitative estimate of drug-likeness (QED) is 0.471. The summed E-state index contributed by atoms with van der Waals surface area (Å²) in [5, 5.41) is 1.80. The van der Waals surface area contributed by atoms with Crippen molar-refractivity contribution in [2.24, 2.45) is 0 Å². The molecule has 1 fully saturated rings. The maximum absolute atomic E-state index is 12.7. The molecule has 1 aromatic carbocycles. The lowest BCUT2D eigenvalue weighted by Gasteiger charge is -2.32. The number of carbonyl (C=O) groups is 1. The Morgan fingerprint density at radius 3 is 2.61 bits per heavy atom.